The molecule has 9 nitrogen and oxygen atoms in total. The number of anilines is 1. The first kappa shape index (κ1) is 16.8. The minimum atomic E-state index is -3.73. The van der Waals surface area contributed by atoms with Crippen LogP contribution in [-0.2, 0) is 21.3 Å². The molecule has 3 rings (SSSR count). The van der Waals surface area contributed by atoms with Gasteiger partial charge in [-0.3, -0.25) is 0 Å². The van der Waals surface area contributed by atoms with E-state index in [1.165, 1.54) is 0 Å². The Morgan fingerprint density at radius 2 is 2.04 bits per heavy atom. The van der Waals surface area contributed by atoms with Gasteiger partial charge in [0.05, 0.1) is 19.8 Å². The fraction of sp³-hybridized carbons (Fsp3) is 0.500. The van der Waals surface area contributed by atoms with E-state index < -0.39 is 10.0 Å². The summed E-state index contributed by atoms with van der Waals surface area (Å²) in [5, 5.41) is 3.67. The molecule has 1 saturated heterocycles. The summed E-state index contributed by atoms with van der Waals surface area (Å²) in [5.41, 5.74) is 0.322. The molecule has 0 amide bonds. The average Bonchev–Trinajstić information content (AvgIpc) is 2.94. The fourth-order valence-electron chi connectivity index (χ4n) is 2.53. The van der Waals surface area contributed by atoms with E-state index in [-0.39, 0.29) is 17.2 Å². The zero-order valence-electron chi connectivity index (χ0n) is 13.5. The van der Waals surface area contributed by atoms with E-state index in [0.717, 1.165) is 18.9 Å². The maximum absolute atomic E-state index is 12.4. The van der Waals surface area contributed by atoms with Crippen molar-refractivity contribution in [1.29, 1.82) is 0 Å². The Bertz CT molecular complexity index is 795. The second-order valence-corrected chi connectivity index (χ2v) is 7.11. The number of nitrogens with one attached hydrogen (secondary N) is 1. The SMILES string of the molecule is Cc1noc(C)c1S(=O)(=O)NCc1nccc(N2CCOCC2)n1. The van der Waals surface area contributed by atoms with Crippen LogP contribution in [-0.4, -0.2) is 49.8 Å². The van der Waals surface area contributed by atoms with E-state index in [9.17, 15) is 8.42 Å². The van der Waals surface area contributed by atoms with E-state index in [1.54, 1.807) is 26.1 Å². The van der Waals surface area contributed by atoms with Crippen molar-refractivity contribution in [2.75, 3.05) is 31.2 Å². The molecule has 2 aromatic rings. The molecular weight excluding hydrogens is 334 g/mol. The zero-order valence-corrected chi connectivity index (χ0v) is 14.3. The Labute approximate surface area is 140 Å². The minimum absolute atomic E-state index is 0.00935. The molecule has 0 unspecified atom stereocenters. The third-order valence-corrected chi connectivity index (χ3v) is 5.33. The van der Waals surface area contributed by atoms with Crippen LogP contribution in [0.15, 0.2) is 21.7 Å². The minimum Gasteiger partial charge on any atom is -0.378 e. The third-order valence-electron chi connectivity index (χ3n) is 3.68. The van der Waals surface area contributed by atoms with Gasteiger partial charge in [-0.15, -0.1) is 0 Å². The summed E-state index contributed by atoms with van der Waals surface area (Å²) in [7, 11) is -3.73. The summed E-state index contributed by atoms with van der Waals surface area (Å²) < 4.78 is 37.5. The number of hydrogen-bond acceptors (Lipinski definition) is 8. The molecule has 0 aromatic carbocycles. The molecule has 1 fully saturated rings. The Morgan fingerprint density at radius 1 is 1.29 bits per heavy atom. The Morgan fingerprint density at radius 3 is 2.71 bits per heavy atom. The van der Waals surface area contributed by atoms with Crippen LogP contribution in [0.3, 0.4) is 0 Å². The lowest BCUT2D eigenvalue weighted by Gasteiger charge is -2.27. The molecule has 2 aromatic heterocycles. The molecule has 10 heteroatoms. The van der Waals surface area contributed by atoms with Crippen molar-refractivity contribution in [2.45, 2.75) is 25.3 Å². The van der Waals surface area contributed by atoms with Crippen LogP contribution in [0, 0.1) is 13.8 Å². The molecule has 0 aliphatic carbocycles. The maximum Gasteiger partial charge on any atom is 0.246 e. The fourth-order valence-corrected chi connectivity index (χ4v) is 3.84. The maximum atomic E-state index is 12.4. The highest BCUT2D eigenvalue weighted by Gasteiger charge is 2.24. The lowest BCUT2D eigenvalue weighted by molar-refractivity contribution is 0.122. The van der Waals surface area contributed by atoms with Crippen molar-refractivity contribution < 1.29 is 17.7 Å². The van der Waals surface area contributed by atoms with Gasteiger partial charge >= 0.3 is 0 Å². The van der Waals surface area contributed by atoms with Gasteiger partial charge < -0.3 is 14.2 Å². The molecule has 24 heavy (non-hydrogen) atoms. The van der Waals surface area contributed by atoms with Gasteiger partial charge in [-0.25, -0.2) is 23.1 Å². The highest BCUT2D eigenvalue weighted by Crippen LogP contribution is 2.19. The van der Waals surface area contributed by atoms with Gasteiger partial charge in [-0.05, 0) is 19.9 Å². The van der Waals surface area contributed by atoms with Gasteiger partial charge in [0.1, 0.15) is 22.2 Å². The number of hydrogen-bond donors (Lipinski definition) is 1. The molecule has 0 saturated carbocycles. The van der Waals surface area contributed by atoms with Crippen LogP contribution >= 0.6 is 0 Å². The van der Waals surface area contributed by atoms with Gasteiger partial charge in [-0.1, -0.05) is 5.16 Å². The predicted molar refractivity (Wildman–Crippen MR) is 85.1 cm³/mol. The van der Waals surface area contributed by atoms with Gasteiger partial charge in [0.15, 0.2) is 5.76 Å². The van der Waals surface area contributed by atoms with Crippen molar-refractivity contribution in [3.63, 3.8) is 0 Å². The molecular formula is C14H19N5O4S. The van der Waals surface area contributed by atoms with Crippen molar-refractivity contribution in [3.8, 4) is 0 Å². The molecule has 0 atom stereocenters. The van der Waals surface area contributed by atoms with Crippen molar-refractivity contribution >= 4 is 15.8 Å². The number of aromatic nitrogens is 3. The summed E-state index contributed by atoms with van der Waals surface area (Å²) in [6.07, 6.45) is 1.62. The standard InChI is InChI=1S/C14H19N5O4S/c1-10-14(11(2)23-18-10)24(20,21)16-9-12-15-4-3-13(17-12)19-5-7-22-8-6-19/h3-4,16H,5-9H2,1-2H3. The molecule has 0 bridgehead atoms. The molecule has 1 N–H and O–H groups in total. The van der Waals surface area contributed by atoms with Crippen LogP contribution in [0.1, 0.15) is 17.3 Å². The van der Waals surface area contributed by atoms with Crippen molar-refractivity contribution in [3.05, 3.63) is 29.5 Å². The van der Waals surface area contributed by atoms with Crippen molar-refractivity contribution in [2.24, 2.45) is 0 Å². The topological polar surface area (TPSA) is 110 Å². The van der Waals surface area contributed by atoms with Gasteiger partial charge in [0.2, 0.25) is 10.0 Å². The Hall–Kier alpha value is -2.04. The van der Waals surface area contributed by atoms with Crippen LogP contribution in [0.4, 0.5) is 5.82 Å². The van der Waals surface area contributed by atoms with E-state index in [1.807, 2.05) is 0 Å². The van der Waals surface area contributed by atoms with Crippen molar-refractivity contribution in [1.82, 2.24) is 19.8 Å². The first-order valence-electron chi connectivity index (χ1n) is 7.54. The average molecular weight is 353 g/mol. The van der Waals surface area contributed by atoms with E-state index in [0.29, 0.717) is 24.7 Å². The third kappa shape index (κ3) is 3.55. The van der Waals surface area contributed by atoms with Gasteiger partial charge in [0, 0.05) is 19.3 Å². The molecule has 1 aliphatic rings. The summed E-state index contributed by atoms with van der Waals surface area (Å²) in [6.45, 7) is 5.94. The van der Waals surface area contributed by atoms with Gasteiger partial charge in [0.25, 0.3) is 0 Å². The molecule has 130 valence electrons. The van der Waals surface area contributed by atoms with E-state index >= 15 is 0 Å². The van der Waals surface area contributed by atoms with Crippen LogP contribution in [0.5, 0.6) is 0 Å². The normalized spacial score (nSPS) is 15.7. The lowest BCUT2D eigenvalue weighted by Crippen LogP contribution is -2.37. The molecule has 3 heterocycles. The number of rotatable bonds is 5. The number of morpholine rings is 1. The number of aryl methyl sites for hydroxylation is 2. The second kappa shape index (κ2) is 6.83. The first-order chi connectivity index (χ1) is 11.5. The second-order valence-electron chi connectivity index (χ2n) is 5.41. The molecule has 0 spiro atoms. The zero-order chi connectivity index (χ0) is 17.2. The van der Waals surface area contributed by atoms with Crippen LogP contribution < -0.4 is 9.62 Å². The number of nitrogens with zero attached hydrogens (tertiary/aromatic N) is 4. The largest absolute Gasteiger partial charge is 0.378 e. The highest BCUT2D eigenvalue weighted by atomic mass is 32.2. The van der Waals surface area contributed by atoms with Crippen LogP contribution in [0.25, 0.3) is 0 Å². The summed E-state index contributed by atoms with van der Waals surface area (Å²) in [4.78, 5) is 10.7. The van der Waals surface area contributed by atoms with E-state index in [2.05, 4.69) is 24.7 Å². The summed E-state index contributed by atoms with van der Waals surface area (Å²) >= 11 is 0. The highest BCUT2D eigenvalue weighted by molar-refractivity contribution is 7.89. The number of sulfonamides is 1. The first-order valence-corrected chi connectivity index (χ1v) is 9.03. The lowest BCUT2D eigenvalue weighted by atomic mass is 10.4. The quantitative estimate of drug-likeness (QED) is 0.822. The smallest absolute Gasteiger partial charge is 0.246 e. The monoisotopic (exact) mass is 353 g/mol. The molecule has 1 aliphatic heterocycles. The van der Waals surface area contributed by atoms with Gasteiger partial charge in [-0.2, -0.15) is 0 Å². The Kier molecular flexibility index (Phi) is 4.78. The van der Waals surface area contributed by atoms with E-state index in [4.69, 9.17) is 9.26 Å². The number of ether oxygens (including phenoxy) is 1. The Balaban J connectivity index is 1.72. The summed E-state index contributed by atoms with van der Waals surface area (Å²) in [6, 6.07) is 1.80. The summed E-state index contributed by atoms with van der Waals surface area (Å²) in [5.74, 6) is 1.41. The molecule has 0 radical (unpaired) electrons. The van der Waals surface area contributed by atoms with Crippen LogP contribution in [0.2, 0.25) is 0 Å². The predicted octanol–water partition coefficient (Wildman–Crippen LogP) is 0.397.